The predicted octanol–water partition coefficient (Wildman–Crippen LogP) is 2.76. The van der Waals surface area contributed by atoms with Gasteiger partial charge in [-0.05, 0) is 25.3 Å². The largest absolute Gasteiger partial charge is 0.313 e. The molecule has 1 saturated heterocycles. The van der Waals surface area contributed by atoms with Gasteiger partial charge in [-0.15, -0.1) is 0 Å². The van der Waals surface area contributed by atoms with Gasteiger partial charge in [0.25, 0.3) is 0 Å². The van der Waals surface area contributed by atoms with Crippen molar-refractivity contribution in [3.8, 4) is 0 Å². The van der Waals surface area contributed by atoms with Crippen molar-refractivity contribution in [2.45, 2.75) is 46.2 Å². The van der Waals surface area contributed by atoms with Crippen molar-refractivity contribution in [3.63, 3.8) is 0 Å². The summed E-state index contributed by atoms with van der Waals surface area (Å²) >= 11 is 0. The van der Waals surface area contributed by atoms with Crippen molar-refractivity contribution in [1.29, 1.82) is 0 Å². The van der Waals surface area contributed by atoms with Gasteiger partial charge in [0, 0.05) is 6.54 Å². The Balaban J connectivity index is 0.000000561. The molecule has 2 heteroatoms. The molecule has 74 valence electrons. The fourth-order valence-electron chi connectivity index (χ4n) is 1.62. The first-order valence-corrected chi connectivity index (χ1v) is 5.02. The Bertz CT molecular complexity index is 106. The third-order valence-electron chi connectivity index (χ3n) is 1.97. The summed E-state index contributed by atoms with van der Waals surface area (Å²) in [7, 11) is 0. The van der Waals surface area contributed by atoms with Crippen LogP contribution in [-0.2, 0) is 0 Å². The molecule has 0 aromatic rings. The van der Waals surface area contributed by atoms with E-state index in [2.05, 4.69) is 19.2 Å². The van der Waals surface area contributed by atoms with Gasteiger partial charge in [0.2, 0.25) is 0 Å². The number of rotatable bonds is 2. The lowest BCUT2D eigenvalue weighted by Gasteiger charge is -2.19. The van der Waals surface area contributed by atoms with Gasteiger partial charge < -0.3 is 5.32 Å². The van der Waals surface area contributed by atoms with E-state index in [-0.39, 0.29) is 0 Å². The Labute approximate surface area is 75.7 Å². The Morgan fingerprint density at radius 1 is 1.42 bits per heavy atom. The van der Waals surface area contributed by atoms with E-state index in [9.17, 15) is 4.39 Å². The highest BCUT2D eigenvalue weighted by molar-refractivity contribution is 4.88. The molecule has 1 atom stereocenters. The van der Waals surface area contributed by atoms with Crippen molar-refractivity contribution in [2.75, 3.05) is 13.1 Å². The molecule has 1 aliphatic heterocycles. The highest BCUT2D eigenvalue weighted by Gasteiger charge is 2.33. The van der Waals surface area contributed by atoms with Gasteiger partial charge in [-0.1, -0.05) is 27.7 Å². The van der Waals surface area contributed by atoms with Crippen LogP contribution in [0.3, 0.4) is 0 Å². The molecule has 1 N–H and O–H groups in total. The highest BCUT2D eigenvalue weighted by atomic mass is 19.1. The average molecular weight is 175 g/mol. The van der Waals surface area contributed by atoms with Crippen LogP contribution >= 0.6 is 0 Å². The first kappa shape index (κ1) is 11.9. The van der Waals surface area contributed by atoms with Crippen LogP contribution in [0.1, 0.15) is 40.5 Å². The zero-order valence-electron chi connectivity index (χ0n) is 8.78. The molecular formula is C10H22FN. The zero-order valence-corrected chi connectivity index (χ0v) is 8.78. The minimum absolute atomic E-state index is 0.477. The molecule has 1 nitrogen and oxygen atoms in total. The molecule has 1 aliphatic rings. The van der Waals surface area contributed by atoms with E-state index in [1.165, 1.54) is 0 Å². The highest BCUT2D eigenvalue weighted by Crippen LogP contribution is 2.27. The van der Waals surface area contributed by atoms with E-state index in [0.717, 1.165) is 6.54 Å². The van der Waals surface area contributed by atoms with Crippen LogP contribution in [0.5, 0.6) is 0 Å². The summed E-state index contributed by atoms with van der Waals surface area (Å²) in [5.41, 5.74) is -0.895. The van der Waals surface area contributed by atoms with Gasteiger partial charge in [0.1, 0.15) is 5.67 Å². The summed E-state index contributed by atoms with van der Waals surface area (Å²) < 4.78 is 13.5. The summed E-state index contributed by atoms with van der Waals surface area (Å²) in [5.74, 6) is 0.477. The Kier molecular flexibility index (Phi) is 5.47. The fraction of sp³-hybridized carbons (Fsp3) is 1.00. The van der Waals surface area contributed by atoms with Crippen molar-refractivity contribution < 1.29 is 4.39 Å². The van der Waals surface area contributed by atoms with E-state index in [4.69, 9.17) is 0 Å². The molecule has 0 spiro atoms. The first-order chi connectivity index (χ1) is 5.62. The standard InChI is InChI=1S/C8H16FN.C2H6/c1-7(2)5-8(9)3-4-10-6-8;1-2/h7,10H,3-6H2,1-2H3;1-2H3. The van der Waals surface area contributed by atoms with Gasteiger partial charge >= 0.3 is 0 Å². The number of halogens is 1. The molecule has 0 aromatic carbocycles. The molecule has 0 saturated carbocycles. The molecule has 1 rings (SSSR count). The minimum Gasteiger partial charge on any atom is -0.313 e. The minimum atomic E-state index is -0.895. The van der Waals surface area contributed by atoms with Gasteiger partial charge in [-0.25, -0.2) is 4.39 Å². The lowest BCUT2D eigenvalue weighted by atomic mass is 9.94. The summed E-state index contributed by atoms with van der Waals surface area (Å²) in [6, 6.07) is 0. The normalized spacial score (nSPS) is 28.5. The number of nitrogens with one attached hydrogen (secondary N) is 1. The van der Waals surface area contributed by atoms with Crippen LogP contribution in [0.4, 0.5) is 4.39 Å². The SMILES string of the molecule is CC.CC(C)CC1(F)CCNC1. The second kappa shape index (κ2) is 5.52. The van der Waals surface area contributed by atoms with Crippen molar-refractivity contribution in [2.24, 2.45) is 5.92 Å². The summed E-state index contributed by atoms with van der Waals surface area (Å²) in [5, 5.41) is 3.04. The van der Waals surface area contributed by atoms with E-state index in [1.807, 2.05) is 13.8 Å². The van der Waals surface area contributed by atoms with E-state index in [0.29, 0.717) is 25.3 Å². The molecule has 0 aromatic heterocycles. The van der Waals surface area contributed by atoms with Crippen molar-refractivity contribution in [3.05, 3.63) is 0 Å². The average Bonchev–Trinajstić information content (AvgIpc) is 2.38. The number of hydrogen-bond donors (Lipinski definition) is 1. The van der Waals surface area contributed by atoms with Crippen molar-refractivity contribution in [1.82, 2.24) is 5.32 Å². The molecule has 0 bridgehead atoms. The summed E-state index contributed by atoms with van der Waals surface area (Å²) in [6.07, 6.45) is 1.41. The molecule has 12 heavy (non-hydrogen) atoms. The Morgan fingerprint density at radius 3 is 2.33 bits per heavy atom. The summed E-state index contributed by atoms with van der Waals surface area (Å²) in [4.78, 5) is 0. The second-order valence-electron chi connectivity index (χ2n) is 3.68. The molecule has 1 unspecified atom stereocenters. The third-order valence-corrected chi connectivity index (χ3v) is 1.97. The fourth-order valence-corrected chi connectivity index (χ4v) is 1.62. The molecule has 0 radical (unpaired) electrons. The molecule has 0 amide bonds. The maximum atomic E-state index is 13.5. The quantitative estimate of drug-likeness (QED) is 0.680. The van der Waals surface area contributed by atoms with Crippen LogP contribution in [-0.4, -0.2) is 18.8 Å². The molecule has 1 fully saturated rings. The van der Waals surface area contributed by atoms with Gasteiger partial charge in [0.15, 0.2) is 0 Å². The van der Waals surface area contributed by atoms with Gasteiger partial charge in [-0.2, -0.15) is 0 Å². The molecule has 0 aliphatic carbocycles. The number of hydrogen-bond acceptors (Lipinski definition) is 1. The van der Waals surface area contributed by atoms with Gasteiger partial charge in [-0.3, -0.25) is 0 Å². The van der Waals surface area contributed by atoms with Crippen LogP contribution in [0, 0.1) is 5.92 Å². The number of alkyl halides is 1. The third kappa shape index (κ3) is 4.05. The molecular weight excluding hydrogens is 153 g/mol. The second-order valence-corrected chi connectivity index (χ2v) is 3.68. The topological polar surface area (TPSA) is 12.0 Å². The van der Waals surface area contributed by atoms with Gasteiger partial charge in [0.05, 0.1) is 0 Å². The van der Waals surface area contributed by atoms with E-state index < -0.39 is 5.67 Å². The molecule has 1 heterocycles. The Hall–Kier alpha value is -0.110. The monoisotopic (exact) mass is 175 g/mol. The lowest BCUT2D eigenvalue weighted by molar-refractivity contribution is 0.155. The van der Waals surface area contributed by atoms with E-state index >= 15 is 0 Å². The zero-order chi connectivity index (χ0) is 9.61. The van der Waals surface area contributed by atoms with Crippen LogP contribution in [0.2, 0.25) is 0 Å². The van der Waals surface area contributed by atoms with E-state index in [1.54, 1.807) is 0 Å². The Morgan fingerprint density at radius 2 is 2.00 bits per heavy atom. The van der Waals surface area contributed by atoms with Crippen LogP contribution in [0.25, 0.3) is 0 Å². The smallest absolute Gasteiger partial charge is 0.124 e. The summed E-state index contributed by atoms with van der Waals surface area (Å²) in [6.45, 7) is 9.55. The maximum absolute atomic E-state index is 13.5. The predicted molar refractivity (Wildman–Crippen MR) is 52.1 cm³/mol. The van der Waals surface area contributed by atoms with Crippen molar-refractivity contribution >= 4 is 0 Å². The van der Waals surface area contributed by atoms with Crippen LogP contribution in [0.15, 0.2) is 0 Å². The van der Waals surface area contributed by atoms with Crippen LogP contribution < -0.4 is 5.32 Å². The lowest BCUT2D eigenvalue weighted by Crippen LogP contribution is -2.27. The first-order valence-electron chi connectivity index (χ1n) is 5.02. The maximum Gasteiger partial charge on any atom is 0.124 e.